The van der Waals surface area contributed by atoms with Gasteiger partial charge in [0, 0.05) is 18.8 Å². The number of carbonyl (C=O) groups excluding carboxylic acids is 1. The molecular weight excluding hydrogens is 296 g/mol. The second kappa shape index (κ2) is 6.66. The molecule has 1 rings (SSSR count). The molecule has 0 fully saturated rings. The van der Waals surface area contributed by atoms with Gasteiger partial charge < -0.3 is 10.0 Å². The van der Waals surface area contributed by atoms with Gasteiger partial charge in [-0.15, -0.1) is 0 Å². The number of hydrogen-bond acceptors (Lipinski definition) is 5. The van der Waals surface area contributed by atoms with Crippen molar-refractivity contribution < 1.29 is 23.1 Å². The molecule has 0 aliphatic rings. The minimum Gasteiger partial charge on any atom is -0.477 e. The smallest absolute Gasteiger partial charge is 0.354 e. The molecule has 0 saturated heterocycles. The molecule has 0 spiro atoms. The van der Waals surface area contributed by atoms with E-state index in [1.807, 2.05) is 0 Å². The van der Waals surface area contributed by atoms with E-state index in [4.69, 9.17) is 5.11 Å². The molecule has 0 aliphatic carbocycles. The topological polar surface area (TPSA) is 105 Å². The first-order valence-electron chi connectivity index (χ1n) is 6.34. The largest absolute Gasteiger partial charge is 0.477 e. The summed E-state index contributed by atoms with van der Waals surface area (Å²) >= 11 is 0. The quantitative estimate of drug-likeness (QED) is 0.827. The van der Waals surface area contributed by atoms with E-state index in [9.17, 15) is 18.0 Å². The SMILES string of the molecule is CCN(C(=O)c1cccc(C(=O)O)n1)C(C)CS(C)(=O)=O. The number of nitrogens with zero attached hydrogens (tertiary/aromatic N) is 2. The summed E-state index contributed by atoms with van der Waals surface area (Å²) < 4.78 is 22.7. The van der Waals surface area contributed by atoms with Crippen LogP contribution in [0.4, 0.5) is 0 Å². The van der Waals surface area contributed by atoms with Crippen LogP contribution in [0, 0.1) is 0 Å². The van der Waals surface area contributed by atoms with Crippen molar-refractivity contribution in [1.29, 1.82) is 0 Å². The van der Waals surface area contributed by atoms with Crippen LogP contribution in [0.3, 0.4) is 0 Å². The zero-order chi connectivity index (χ0) is 16.2. The predicted molar refractivity (Wildman–Crippen MR) is 77.1 cm³/mol. The normalized spacial score (nSPS) is 12.7. The average Bonchev–Trinajstić information content (AvgIpc) is 2.37. The number of rotatable bonds is 6. The molecule has 1 heterocycles. The monoisotopic (exact) mass is 314 g/mol. The highest BCUT2D eigenvalue weighted by molar-refractivity contribution is 7.90. The van der Waals surface area contributed by atoms with Crippen molar-refractivity contribution in [3.63, 3.8) is 0 Å². The second-order valence-corrected chi connectivity index (χ2v) is 6.93. The lowest BCUT2D eigenvalue weighted by Gasteiger charge is -2.27. The molecule has 1 atom stereocenters. The molecule has 1 N–H and O–H groups in total. The number of aromatic nitrogens is 1. The minimum absolute atomic E-state index is 0.0166. The molecule has 21 heavy (non-hydrogen) atoms. The van der Waals surface area contributed by atoms with Crippen LogP contribution in [0.5, 0.6) is 0 Å². The number of carboxylic acid groups (broad SMARTS) is 1. The molecule has 116 valence electrons. The fourth-order valence-corrected chi connectivity index (χ4v) is 3.06. The Morgan fingerprint density at radius 3 is 2.38 bits per heavy atom. The summed E-state index contributed by atoms with van der Waals surface area (Å²) in [5, 5.41) is 8.88. The number of carboxylic acids is 1. The Bertz CT molecular complexity index is 642. The molecule has 8 heteroatoms. The fourth-order valence-electron chi connectivity index (χ4n) is 2.00. The van der Waals surface area contributed by atoms with E-state index in [-0.39, 0.29) is 17.1 Å². The molecule has 0 radical (unpaired) electrons. The molecule has 0 bridgehead atoms. The second-order valence-electron chi connectivity index (χ2n) is 4.75. The van der Waals surface area contributed by atoms with Crippen molar-refractivity contribution in [3.05, 3.63) is 29.6 Å². The van der Waals surface area contributed by atoms with Crippen molar-refractivity contribution in [3.8, 4) is 0 Å². The summed E-state index contributed by atoms with van der Waals surface area (Å²) in [6.45, 7) is 3.65. The molecule has 1 unspecified atom stereocenters. The van der Waals surface area contributed by atoms with Gasteiger partial charge in [-0.3, -0.25) is 4.79 Å². The summed E-state index contributed by atoms with van der Waals surface area (Å²) in [6.07, 6.45) is 1.10. The van der Waals surface area contributed by atoms with Crippen molar-refractivity contribution in [2.24, 2.45) is 0 Å². The minimum atomic E-state index is -3.22. The average molecular weight is 314 g/mol. The Kier molecular flexibility index (Phi) is 5.42. The number of pyridine rings is 1. The van der Waals surface area contributed by atoms with Gasteiger partial charge in [0.1, 0.15) is 21.2 Å². The lowest BCUT2D eigenvalue weighted by molar-refractivity contribution is 0.0689. The molecule has 1 amide bonds. The predicted octanol–water partition coefficient (Wildman–Crippen LogP) is 0.675. The molecule has 0 saturated carbocycles. The van der Waals surface area contributed by atoms with Gasteiger partial charge in [-0.1, -0.05) is 6.07 Å². The maximum absolute atomic E-state index is 12.4. The van der Waals surface area contributed by atoms with Gasteiger partial charge in [0.2, 0.25) is 0 Å². The fraction of sp³-hybridized carbons (Fsp3) is 0.462. The van der Waals surface area contributed by atoms with Gasteiger partial charge in [0.15, 0.2) is 0 Å². The number of carbonyl (C=O) groups is 2. The molecule has 0 aromatic carbocycles. The van der Waals surface area contributed by atoms with Gasteiger partial charge in [-0.25, -0.2) is 18.2 Å². The van der Waals surface area contributed by atoms with Crippen molar-refractivity contribution in [2.45, 2.75) is 19.9 Å². The molecular formula is C13H18N2O5S. The van der Waals surface area contributed by atoms with Crippen LogP contribution >= 0.6 is 0 Å². The zero-order valence-electron chi connectivity index (χ0n) is 12.1. The summed E-state index contributed by atoms with van der Waals surface area (Å²) in [5.41, 5.74) is -0.246. The number of aromatic carboxylic acids is 1. The molecule has 0 aliphatic heterocycles. The standard InChI is InChI=1S/C13H18N2O5S/c1-4-15(9(2)8-21(3,19)20)12(16)10-6-5-7-11(14-10)13(17)18/h5-7,9H,4,8H2,1-3H3,(H,17,18). The first-order chi connectivity index (χ1) is 9.65. The van der Waals surface area contributed by atoms with E-state index in [2.05, 4.69) is 4.98 Å². The van der Waals surface area contributed by atoms with E-state index < -0.39 is 27.8 Å². The van der Waals surface area contributed by atoms with Crippen LogP contribution in [-0.2, 0) is 9.84 Å². The van der Waals surface area contributed by atoms with E-state index in [0.717, 1.165) is 6.26 Å². The van der Waals surface area contributed by atoms with Crippen molar-refractivity contribution in [1.82, 2.24) is 9.88 Å². The van der Waals surface area contributed by atoms with Gasteiger partial charge in [-0.2, -0.15) is 0 Å². The molecule has 1 aromatic heterocycles. The lowest BCUT2D eigenvalue weighted by Crippen LogP contribution is -2.42. The van der Waals surface area contributed by atoms with Gasteiger partial charge in [0.05, 0.1) is 5.75 Å². The Morgan fingerprint density at radius 1 is 1.33 bits per heavy atom. The summed E-state index contributed by atoms with van der Waals surface area (Å²) in [5.74, 6) is -1.88. The maximum Gasteiger partial charge on any atom is 0.354 e. The summed E-state index contributed by atoms with van der Waals surface area (Å²) in [6, 6.07) is 3.60. The van der Waals surface area contributed by atoms with Crippen LogP contribution in [0.1, 0.15) is 34.8 Å². The van der Waals surface area contributed by atoms with Crippen LogP contribution in [-0.4, -0.2) is 59.9 Å². The van der Waals surface area contributed by atoms with Crippen LogP contribution in [0.2, 0.25) is 0 Å². The summed E-state index contributed by atoms with van der Waals surface area (Å²) in [4.78, 5) is 28.4. The van der Waals surface area contributed by atoms with Gasteiger partial charge in [-0.05, 0) is 26.0 Å². The Morgan fingerprint density at radius 2 is 1.90 bits per heavy atom. The Balaban J connectivity index is 3.03. The Labute approximate surface area is 123 Å². The first kappa shape index (κ1) is 17.1. The first-order valence-corrected chi connectivity index (χ1v) is 8.40. The summed E-state index contributed by atoms with van der Waals surface area (Å²) in [7, 11) is -3.22. The zero-order valence-corrected chi connectivity index (χ0v) is 12.9. The maximum atomic E-state index is 12.4. The van der Waals surface area contributed by atoms with Crippen LogP contribution < -0.4 is 0 Å². The third-order valence-electron chi connectivity index (χ3n) is 2.86. The lowest BCUT2D eigenvalue weighted by atomic mass is 10.2. The molecule has 1 aromatic rings. The van der Waals surface area contributed by atoms with Crippen LogP contribution in [0.15, 0.2) is 18.2 Å². The van der Waals surface area contributed by atoms with Gasteiger partial charge in [0.25, 0.3) is 5.91 Å². The van der Waals surface area contributed by atoms with Crippen LogP contribution in [0.25, 0.3) is 0 Å². The van der Waals surface area contributed by atoms with Crippen molar-refractivity contribution in [2.75, 3.05) is 18.6 Å². The van der Waals surface area contributed by atoms with E-state index in [0.29, 0.717) is 6.54 Å². The van der Waals surface area contributed by atoms with E-state index >= 15 is 0 Å². The highest BCUT2D eigenvalue weighted by Gasteiger charge is 2.24. The molecule has 7 nitrogen and oxygen atoms in total. The van der Waals surface area contributed by atoms with E-state index in [1.165, 1.54) is 23.1 Å². The third kappa shape index (κ3) is 4.82. The number of sulfone groups is 1. The highest BCUT2D eigenvalue weighted by atomic mass is 32.2. The van der Waals surface area contributed by atoms with E-state index in [1.54, 1.807) is 13.8 Å². The highest BCUT2D eigenvalue weighted by Crippen LogP contribution is 2.09. The van der Waals surface area contributed by atoms with Gasteiger partial charge >= 0.3 is 5.97 Å². The third-order valence-corrected chi connectivity index (χ3v) is 3.95. The van der Waals surface area contributed by atoms with Crippen molar-refractivity contribution >= 4 is 21.7 Å². The Hall–Kier alpha value is -1.96. The number of hydrogen-bond donors (Lipinski definition) is 1. The number of amides is 1.